The van der Waals surface area contributed by atoms with Gasteiger partial charge in [-0.25, -0.2) is 0 Å². The van der Waals surface area contributed by atoms with Crippen molar-refractivity contribution in [2.75, 3.05) is 37.8 Å². The molecule has 1 fully saturated rings. The summed E-state index contributed by atoms with van der Waals surface area (Å²) in [4.78, 5) is 16.5. The van der Waals surface area contributed by atoms with Gasteiger partial charge in [-0.05, 0) is 6.42 Å². The van der Waals surface area contributed by atoms with E-state index in [2.05, 4.69) is 26.8 Å². The maximum atomic E-state index is 10.1. The number of nitrogens with two attached hydrogens (primary N) is 1. The number of nitrogen functional groups attached to an aromatic ring is 1. The van der Waals surface area contributed by atoms with Crippen molar-refractivity contribution in [2.24, 2.45) is 0 Å². The average molecular weight is 266 g/mol. The van der Waals surface area contributed by atoms with Crippen LogP contribution in [0.4, 0.5) is 11.9 Å². The molecule has 7 nitrogen and oxygen atoms in total. The molecule has 0 amide bonds. The third kappa shape index (κ3) is 3.30. The van der Waals surface area contributed by atoms with Crippen molar-refractivity contribution in [3.63, 3.8) is 0 Å². The summed E-state index contributed by atoms with van der Waals surface area (Å²) in [6.45, 7) is 4.02. The topological polar surface area (TPSA) is 91.4 Å². The molecule has 3 N–H and O–H groups in total. The number of aliphatic hydroxyl groups is 1. The Labute approximate surface area is 113 Å². The second kappa shape index (κ2) is 5.26. The Morgan fingerprint density at radius 1 is 1.32 bits per heavy atom. The van der Waals surface area contributed by atoms with Crippen LogP contribution in [0, 0.1) is 0 Å². The van der Waals surface area contributed by atoms with Gasteiger partial charge in [0.1, 0.15) is 5.82 Å². The quantitative estimate of drug-likeness (QED) is 0.766. The van der Waals surface area contributed by atoms with Crippen molar-refractivity contribution in [3.05, 3.63) is 5.82 Å². The standard InChI is InChI=1S/C12H22N6O/c1-4-5-12(19)7-18(8-12)6-9-14-10(13)16-11(15-9)17(2)3/h19H,4-8H2,1-3H3,(H2,13,14,15,16). The van der Waals surface area contributed by atoms with Gasteiger partial charge in [-0.3, -0.25) is 4.90 Å². The van der Waals surface area contributed by atoms with E-state index < -0.39 is 5.60 Å². The minimum atomic E-state index is -0.530. The smallest absolute Gasteiger partial charge is 0.229 e. The average Bonchev–Trinajstić information content (AvgIpc) is 2.26. The van der Waals surface area contributed by atoms with Gasteiger partial charge >= 0.3 is 0 Å². The molecule has 1 saturated heterocycles. The predicted molar refractivity (Wildman–Crippen MR) is 73.7 cm³/mol. The van der Waals surface area contributed by atoms with Gasteiger partial charge < -0.3 is 15.7 Å². The molecule has 0 atom stereocenters. The molecule has 0 unspecified atom stereocenters. The number of rotatable bonds is 5. The normalized spacial score (nSPS) is 18.1. The van der Waals surface area contributed by atoms with Crippen LogP contribution in [-0.2, 0) is 6.54 Å². The highest BCUT2D eigenvalue weighted by molar-refractivity contribution is 5.32. The van der Waals surface area contributed by atoms with Crippen molar-refractivity contribution in [1.29, 1.82) is 0 Å². The van der Waals surface area contributed by atoms with Crippen molar-refractivity contribution >= 4 is 11.9 Å². The molecule has 7 heteroatoms. The lowest BCUT2D eigenvalue weighted by atomic mass is 9.89. The van der Waals surface area contributed by atoms with E-state index in [0.717, 1.165) is 12.8 Å². The first-order valence-corrected chi connectivity index (χ1v) is 6.54. The fourth-order valence-electron chi connectivity index (χ4n) is 2.42. The summed E-state index contributed by atoms with van der Waals surface area (Å²) in [5.41, 5.74) is 5.15. The van der Waals surface area contributed by atoms with Crippen molar-refractivity contribution in [1.82, 2.24) is 19.9 Å². The molecule has 0 aliphatic carbocycles. The largest absolute Gasteiger partial charge is 0.387 e. The van der Waals surface area contributed by atoms with Crippen LogP contribution in [0.15, 0.2) is 0 Å². The van der Waals surface area contributed by atoms with Gasteiger partial charge in [0, 0.05) is 27.2 Å². The molecule has 1 aliphatic heterocycles. The third-order valence-corrected chi connectivity index (χ3v) is 3.20. The molecule has 106 valence electrons. The summed E-state index contributed by atoms with van der Waals surface area (Å²) in [5, 5.41) is 10.1. The minimum absolute atomic E-state index is 0.234. The molecule has 0 saturated carbocycles. The number of nitrogens with zero attached hydrogens (tertiary/aromatic N) is 5. The monoisotopic (exact) mass is 266 g/mol. The number of hydrogen-bond acceptors (Lipinski definition) is 7. The fourth-order valence-corrected chi connectivity index (χ4v) is 2.42. The number of anilines is 2. The van der Waals surface area contributed by atoms with Gasteiger partial charge in [0.2, 0.25) is 11.9 Å². The van der Waals surface area contributed by atoms with Crippen LogP contribution in [0.25, 0.3) is 0 Å². The van der Waals surface area contributed by atoms with Crippen LogP contribution in [0.3, 0.4) is 0 Å². The van der Waals surface area contributed by atoms with Gasteiger partial charge in [-0.2, -0.15) is 15.0 Å². The molecule has 1 aromatic rings. The summed E-state index contributed by atoms with van der Waals surface area (Å²) in [6.07, 6.45) is 1.83. The number of β-amino-alcohol motifs (C(OH)–C–C–N with tert-alkyl or cyclic N) is 1. The van der Waals surface area contributed by atoms with Crippen molar-refractivity contribution in [3.8, 4) is 0 Å². The summed E-state index contributed by atoms with van der Waals surface area (Å²) >= 11 is 0. The number of aromatic nitrogens is 3. The minimum Gasteiger partial charge on any atom is -0.387 e. The van der Waals surface area contributed by atoms with E-state index in [4.69, 9.17) is 5.73 Å². The van der Waals surface area contributed by atoms with Gasteiger partial charge in [0.25, 0.3) is 0 Å². The zero-order valence-corrected chi connectivity index (χ0v) is 11.8. The first-order valence-electron chi connectivity index (χ1n) is 6.54. The Morgan fingerprint density at radius 3 is 2.58 bits per heavy atom. The van der Waals surface area contributed by atoms with E-state index in [9.17, 15) is 5.11 Å². The van der Waals surface area contributed by atoms with Crippen LogP contribution in [0.2, 0.25) is 0 Å². The molecular weight excluding hydrogens is 244 g/mol. The summed E-state index contributed by atoms with van der Waals surface area (Å²) < 4.78 is 0. The summed E-state index contributed by atoms with van der Waals surface area (Å²) in [6, 6.07) is 0. The van der Waals surface area contributed by atoms with E-state index >= 15 is 0 Å². The maximum absolute atomic E-state index is 10.1. The Bertz CT molecular complexity index is 444. The predicted octanol–water partition coefficient (Wildman–Crippen LogP) is -0.133. The molecule has 0 spiro atoms. The Kier molecular flexibility index (Phi) is 3.86. The fraction of sp³-hybridized carbons (Fsp3) is 0.750. The first-order chi connectivity index (χ1) is 8.92. The van der Waals surface area contributed by atoms with E-state index in [1.165, 1.54) is 0 Å². The Balaban J connectivity index is 1.98. The highest BCUT2D eigenvalue weighted by Crippen LogP contribution is 2.26. The molecule has 1 aromatic heterocycles. The first kappa shape index (κ1) is 14.0. The lowest BCUT2D eigenvalue weighted by Gasteiger charge is -2.46. The van der Waals surface area contributed by atoms with E-state index in [0.29, 0.717) is 31.4 Å². The number of likely N-dealkylation sites (tertiary alicyclic amines) is 1. The Morgan fingerprint density at radius 2 is 2.00 bits per heavy atom. The molecular formula is C12H22N6O. The second-order valence-electron chi connectivity index (χ2n) is 5.42. The van der Waals surface area contributed by atoms with Gasteiger partial charge in [0.15, 0.2) is 0 Å². The maximum Gasteiger partial charge on any atom is 0.229 e. The van der Waals surface area contributed by atoms with Crippen LogP contribution in [-0.4, -0.2) is 57.7 Å². The zero-order chi connectivity index (χ0) is 14.0. The van der Waals surface area contributed by atoms with Crippen LogP contribution >= 0.6 is 0 Å². The lowest BCUT2D eigenvalue weighted by molar-refractivity contribution is -0.107. The summed E-state index contributed by atoms with van der Waals surface area (Å²) in [7, 11) is 3.73. The Hall–Kier alpha value is -1.47. The van der Waals surface area contributed by atoms with E-state index in [-0.39, 0.29) is 5.95 Å². The molecule has 2 rings (SSSR count). The highest BCUT2D eigenvalue weighted by atomic mass is 16.3. The number of hydrogen-bond donors (Lipinski definition) is 2. The second-order valence-corrected chi connectivity index (χ2v) is 5.42. The zero-order valence-electron chi connectivity index (χ0n) is 11.8. The third-order valence-electron chi connectivity index (χ3n) is 3.20. The molecule has 0 aromatic carbocycles. The molecule has 2 heterocycles. The van der Waals surface area contributed by atoms with Crippen molar-refractivity contribution in [2.45, 2.75) is 31.9 Å². The SMILES string of the molecule is CCCC1(O)CN(Cc2nc(N)nc(N(C)C)n2)C1. The van der Waals surface area contributed by atoms with Gasteiger partial charge in [-0.1, -0.05) is 13.3 Å². The highest BCUT2D eigenvalue weighted by Gasteiger charge is 2.40. The van der Waals surface area contributed by atoms with E-state index in [1.807, 2.05) is 14.1 Å². The lowest BCUT2D eigenvalue weighted by Crippen LogP contribution is -2.61. The van der Waals surface area contributed by atoms with E-state index in [1.54, 1.807) is 4.90 Å². The molecule has 19 heavy (non-hydrogen) atoms. The van der Waals surface area contributed by atoms with Crippen LogP contribution < -0.4 is 10.6 Å². The van der Waals surface area contributed by atoms with Crippen LogP contribution in [0.1, 0.15) is 25.6 Å². The van der Waals surface area contributed by atoms with Gasteiger partial charge in [0.05, 0.1) is 12.1 Å². The molecule has 1 aliphatic rings. The van der Waals surface area contributed by atoms with Gasteiger partial charge in [-0.15, -0.1) is 0 Å². The summed E-state index contributed by atoms with van der Waals surface area (Å²) in [5.74, 6) is 1.44. The van der Waals surface area contributed by atoms with Crippen LogP contribution in [0.5, 0.6) is 0 Å². The van der Waals surface area contributed by atoms with Crippen molar-refractivity contribution < 1.29 is 5.11 Å². The molecule has 0 bridgehead atoms. The molecule has 0 radical (unpaired) electrons.